The minimum atomic E-state index is -2.12. The first-order valence-corrected chi connectivity index (χ1v) is 21.8. The Morgan fingerprint density at radius 2 is 1.26 bits per heavy atom. The predicted molar refractivity (Wildman–Crippen MR) is 155 cm³/mol. The molecule has 0 aliphatic carbocycles. The lowest BCUT2D eigenvalue weighted by molar-refractivity contribution is -0.234. The molecule has 1 fully saturated rings. The molecule has 5 nitrogen and oxygen atoms in total. The van der Waals surface area contributed by atoms with Crippen molar-refractivity contribution in [1.29, 1.82) is 0 Å². The van der Waals surface area contributed by atoms with Gasteiger partial charge in [0.1, 0.15) is 12.4 Å². The molecule has 1 heterocycles. The molecule has 0 aromatic carbocycles. The molecule has 0 bridgehead atoms. The molecule has 1 rings (SSSR count). The quantitative estimate of drug-likeness (QED) is 0.166. The van der Waals surface area contributed by atoms with Gasteiger partial charge in [-0.05, 0) is 54.4 Å². The van der Waals surface area contributed by atoms with Gasteiger partial charge in [-0.2, -0.15) is 0 Å². The Morgan fingerprint density at radius 1 is 0.800 bits per heavy atom. The zero-order valence-corrected chi connectivity index (χ0v) is 28.5. The zero-order chi connectivity index (χ0) is 27.7. The van der Waals surface area contributed by atoms with Crippen LogP contribution in [-0.2, 0) is 22.8 Å². The standard InChI is InChI=1S/C27H56O5Si3/c1-17-18-28-23-19-21(31-34(13,14)26(5,6)7)24(32-35(15,16)27(8,9)10)22(30-23)20-29-33(11,12)25(2,3)4/h18,21-24H,1,19-20H2,2-16H3/t21-,22-,23+,24-/m1/s1. The Hall–Kier alpha value is -0.189. The molecule has 1 saturated heterocycles. The van der Waals surface area contributed by atoms with Gasteiger partial charge in [-0.3, -0.25) is 0 Å². The lowest BCUT2D eigenvalue weighted by atomic mass is 10.0. The van der Waals surface area contributed by atoms with E-state index in [-0.39, 0.29) is 33.4 Å². The summed E-state index contributed by atoms with van der Waals surface area (Å²) in [6.07, 6.45) is 0.976. The molecule has 0 amide bonds. The van der Waals surface area contributed by atoms with Crippen LogP contribution in [-0.4, -0.2) is 56.2 Å². The average Bonchev–Trinajstić information content (AvgIpc) is 2.63. The number of hydrogen-bond acceptors (Lipinski definition) is 5. The van der Waals surface area contributed by atoms with Crippen LogP contribution in [0.4, 0.5) is 0 Å². The maximum Gasteiger partial charge on any atom is 0.202 e. The second kappa shape index (κ2) is 11.3. The SMILES string of the molecule is C=C=CO[C@@H]1C[C@@H](O[Si](C)(C)C(C)(C)C)[C@@H](O[Si](C)(C)C(C)(C)C)[C@@H](CO[Si](C)(C)C(C)(C)C)O1. The van der Waals surface area contributed by atoms with Crippen molar-refractivity contribution in [2.75, 3.05) is 6.61 Å². The minimum absolute atomic E-state index is 0.0677. The normalized spacial score (nSPS) is 25.2. The summed E-state index contributed by atoms with van der Waals surface area (Å²) in [4.78, 5) is 0. The molecule has 0 aromatic rings. The fraction of sp³-hybridized carbons (Fsp3) is 0.889. The fourth-order valence-electron chi connectivity index (χ4n) is 3.08. The van der Waals surface area contributed by atoms with Crippen molar-refractivity contribution in [3.63, 3.8) is 0 Å². The van der Waals surface area contributed by atoms with Crippen LogP contribution in [0.15, 0.2) is 18.6 Å². The van der Waals surface area contributed by atoms with E-state index in [1.54, 1.807) is 0 Å². The number of rotatable bonds is 9. The van der Waals surface area contributed by atoms with Gasteiger partial charge in [-0.25, -0.2) is 0 Å². The molecular formula is C27H56O5Si3. The van der Waals surface area contributed by atoms with Crippen LogP contribution in [0.3, 0.4) is 0 Å². The van der Waals surface area contributed by atoms with E-state index in [2.05, 4.69) is 114 Å². The summed E-state index contributed by atoms with van der Waals surface area (Å²) >= 11 is 0. The van der Waals surface area contributed by atoms with Gasteiger partial charge in [-0.1, -0.05) is 74.6 Å². The average molecular weight is 545 g/mol. The Labute approximate surface area is 220 Å². The van der Waals surface area contributed by atoms with E-state index in [0.717, 1.165) is 0 Å². The third-order valence-corrected chi connectivity index (χ3v) is 22.2. The molecule has 35 heavy (non-hydrogen) atoms. The molecule has 1 aliphatic rings. The van der Waals surface area contributed by atoms with Crippen molar-refractivity contribution in [2.24, 2.45) is 0 Å². The van der Waals surface area contributed by atoms with Crippen molar-refractivity contribution in [3.05, 3.63) is 18.6 Å². The lowest BCUT2D eigenvalue weighted by Gasteiger charge is -2.50. The first kappa shape index (κ1) is 32.8. The van der Waals surface area contributed by atoms with E-state index in [0.29, 0.717) is 13.0 Å². The van der Waals surface area contributed by atoms with Gasteiger partial charge in [0.15, 0.2) is 25.0 Å². The van der Waals surface area contributed by atoms with Crippen molar-refractivity contribution in [3.8, 4) is 0 Å². The Kier molecular flexibility index (Phi) is 10.6. The van der Waals surface area contributed by atoms with Gasteiger partial charge in [0, 0.05) is 6.42 Å². The number of hydrogen-bond donors (Lipinski definition) is 0. The summed E-state index contributed by atoms with van der Waals surface area (Å²) < 4.78 is 33.2. The van der Waals surface area contributed by atoms with E-state index < -0.39 is 31.2 Å². The van der Waals surface area contributed by atoms with E-state index >= 15 is 0 Å². The highest BCUT2D eigenvalue weighted by Gasteiger charge is 2.51. The molecule has 0 N–H and O–H groups in total. The smallest absolute Gasteiger partial charge is 0.202 e. The highest BCUT2D eigenvalue weighted by atomic mass is 28.4. The molecule has 4 atom stereocenters. The van der Waals surface area contributed by atoms with Crippen LogP contribution in [0.2, 0.25) is 54.4 Å². The van der Waals surface area contributed by atoms with Crippen molar-refractivity contribution in [2.45, 2.75) is 148 Å². The van der Waals surface area contributed by atoms with Crippen LogP contribution in [0, 0.1) is 0 Å². The number of ether oxygens (including phenoxy) is 2. The summed E-state index contributed by atoms with van der Waals surface area (Å²) in [6, 6.07) is 0. The molecule has 206 valence electrons. The Morgan fingerprint density at radius 3 is 1.69 bits per heavy atom. The second-order valence-corrected chi connectivity index (χ2v) is 29.0. The van der Waals surface area contributed by atoms with Crippen LogP contribution in [0.1, 0.15) is 68.7 Å². The molecule has 0 radical (unpaired) electrons. The summed E-state index contributed by atoms with van der Waals surface area (Å²) in [7, 11) is -6.18. The first-order chi connectivity index (χ1) is 15.5. The van der Waals surface area contributed by atoms with Crippen LogP contribution >= 0.6 is 0 Å². The third kappa shape index (κ3) is 8.67. The molecule has 8 heteroatoms. The summed E-state index contributed by atoms with van der Waals surface area (Å²) in [5, 5.41) is 0.256. The zero-order valence-electron chi connectivity index (χ0n) is 25.5. The highest BCUT2D eigenvalue weighted by Crippen LogP contribution is 2.44. The van der Waals surface area contributed by atoms with Crippen LogP contribution in [0.5, 0.6) is 0 Å². The Balaban J connectivity index is 3.45. The summed E-state index contributed by atoms with van der Waals surface area (Å²) in [5.74, 6) is 0. The maximum atomic E-state index is 7.08. The lowest BCUT2D eigenvalue weighted by Crippen LogP contribution is -2.61. The first-order valence-electron chi connectivity index (χ1n) is 13.1. The molecular weight excluding hydrogens is 489 g/mol. The van der Waals surface area contributed by atoms with Gasteiger partial charge < -0.3 is 22.8 Å². The van der Waals surface area contributed by atoms with Crippen molar-refractivity contribution in [1.82, 2.24) is 0 Å². The van der Waals surface area contributed by atoms with Gasteiger partial charge >= 0.3 is 0 Å². The van der Waals surface area contributed by atoms with Crippen LogP contribution in [0.25, 0.3) is 0 Å². The minimum Gasteiger partial charge on any atom is -0.464 e. The summed E-state index contributed by atoms with van der Waals surface area (Å²) in [5.41, 5.74) is 2.70. The molecule has 0 spiro atoms. The van der Waals surface area contributed by atoms with E-state index in [1.165, 1.54) is 6.26 Å². The van der Waals surface area contributed by atoms with E-state index in [4.69, 9.17) is 22.8 Å². The Bertz CT molecular complexity index is 737. The highest BCUT2D eigenvalue weighted by molar-refractivity contribution is 6.75. The maximum absolute atomic E-state index is 7.08. The van der Waals surface area contributed by atoms with Crippen molar-refractivity contribution < 1.29 is 22.8 Å². The third-order valence-electron chi connectivity index (χ3n) is 8.69. The van der Waals surface area contributed by atoms with Gasteiger partial charge in [0.25, 0.3) is 0 Å². The van der Waals surface area contributed by atoms with Gasteiger partial charge in [-0.15, -0.1) is 0 Å². The fourth-order valence-corrected chi connectivity index (χ4v) is 6.78. The molecule has 1 aliphatic heterocycles. The van der Waals surface area contributed by atoms with E-state index in [9.17, 15) is 0 Å². The second-order valence-electron chi connectivity index (χ2n) is 14.6. The molecule has 0 unspecified atom stereocenters. The van der Waals surface area contributed by atoms with Crippen LogP contribution < -0.4 is 0 Å². The topological polar surface area (TPSA) is 46.2 Å². The van der Waals surface area contributed by atoms with E-state index in [1.807, 2.05) is 0 Å². The predicted octanol–water partition coefficient (Wildman–Crippen LogP) is 8.22. The molecule has 0 aromatic heterocycles. The van der Waals surface area contributed by atoms with Gasteiger partial charge in [0.05, 0.1) is 18.8 Å². The monoisotopic (exact) mass is 544 g/mol. The van der Waals surface area contributed by atoms with Crippen molar-refractivity contribution >= 4 is 25.0 Å². The molecule has 0 saturated carbocycles. The summed E-state index contributed by atoms with van der Waals surface area (Å²) in [6.45, 7) is 38.3. The largest absolute Gasteiger partial charge is 0.464 e. The van der Waals surface area contributed by atoms with Gasteiger partial charge in [0.2, 0.25) is 6.29 Å².